The van der Waals surface area contributed by atoms with Crippen LogP contribution in [0.2, 0.25) is 0 Å². The number of aliphatic hydroxyl groups is 1. The topological polar surface area (TPSA) is 100 Å². The molecule has 27 heavy (non-hydrogen) atoms. The second-order valence-corrected chi connectivity index (χ2v) is 8.23. The molecule has 0 aliphatic heterocycles. The van der Waals surface area contributed by atoms with E-state index in [0.29, 0.717) is 35.6 Å². The monoisotopic (exact) mass is 372 g/mol. The molecule has 6 rings (SSSR count). The molecule has 2 aromatic heterocycles. The molecule has 4 saturated carbocycles. The quantitative estimate of drug-likeness (QED) is 0.713. The lowest BCUT2D eigenvalue weighted by Gasteiger charge is -2.58. The van der Waals surface area contributed by atoms with E-state index < -0.39 is 5.60 Å². The molecule has 4 aliphatic rings. The number of imidazole rings is 1. The number of pyridine rings is 1. The van der Waals surface area contributed by atoms with Gasteiger partial charge in [-0.15, -0.1) is 0 Å². The van der Waals surface area contributed by atoms with Crippen LogP contribution in [0.15, 0.2) is 12.5 Å². The van der Waals surface area contributed by atoms with Crippen molar-refractivity contribution in [1.82, 2.24) is 15.0 Å². The van der Waals surface area contributed by atoms with E-state index in [1.54, 1.807) is 19.4 Å². The van der Waals surface area contributed by atoms with Crippen LogP contribution in [0.5, 0.6) is 0 Å². The first kappa shape index (κ1) is 18.2. The zero-order valence-electron chi connectivity index (χ0n) is 14.9. The molecule has 4 bridgehead atoms. The van der Waals surface area contributed by atoms with Crippen molar-refractivity contribution in [3.05, 3.63) is 18.1 Å². The van der Waals surface area contributed by atoms with Crippen molar-refractivity contribution in [1.29, 1.82) is 0 Å². The van der Waals surface area contributed by atoms with Crippen molar-refractivity contribution in [3.8, 4) is 0 Å². The van der Waals surface area contributed by atoms with Gasteiger partial charge in [0.1, 0.15) is 11.1 Å². The number of hydrogen-bond acceptors (Lipinski definition) is 6. The van der Waals surface area contributed by atoms with Crippen LogP contribution in [0, 0.1) is 17.8 Å². The number of ether oxygens (including phenoxy) is 1. The van der Waals surface area contributed by atoms with Crippen molar-refractivity contribution >= 4 is 22.8 Å². The number of H-pyrrole nitrogens is 1. The van der Waals surface area contributed by atoms with Crippen LogP contribution in [-0.4, -0.2) is 44.3 Å². The Balaban J connectivity index is 0.00000180. The van der Waals surface area contributed by atoms with Gasteiger partial charge in [-0.05, 0) is 56.8 Å². The minimum Gasteiger partial charge on any atom is -0.462 e. The van der Waals surface area contributed by atoms with Gasteiger partial charge in [-0.2, -0.15) is 0 Å². The molecule has 7 nitrogen and oxygen atoms in total. The highest BCUT2D eigenvalue weighted by atomic mass is 16.5. The summed E-state index contributed by atoms with van der Waals surface area (Å²) in [6, 6.07) is 0.258. The second kappa shape index (κ2) is 6.48. The van der Waals surface area contributed by atoms with Crippen LogP contribution < -0.4 is 5.32 Å². The summed E-state index contributed by atoms with van der Waals surface area (Å²) >= 11 is 0. The van der Waals surface area contributed by atoms with E-state index in [9.17, 15) is 9.90 Å². The minimum atomic E-state index is -0.472. The van der Waals surface area contributed by atoms with Crippen molar-refractivity contribution in [3.63, 3.8) is 0 Å². The van der Waals surface area contributed by atoms with Crippen LogP contribution >= 0.6 is 0 Å². The Bertz CT molecular complexity index is 848. The number of nitrogens with one attached hydrogen (secondary N) is 2. The van der Waals surface area contributed by atoms with Crippen LogP contribution in [0.1, 0.15) is 56.8 Å². The number of carbonyl (C=O) groups is 1. The summed E-state index contributed by atoms with van der Waals surface area (Å²) in [6.07, 6.45) is 8.11. The number of esters is 1. The molecule has 3 N–H and O–H groups in total. The van der Waals surface area contributed by atoms with E-state index in [0.717, 1.165) is 43.3 Å². The molecule has 0 aromatic carbocycles. The average Bonchev–Trinajstić information content (AvgIpc) is 3.05. The van der Waals surface area contributed by atoms with E-state index >= 15 is 0 Å². The van der Waals surface area contributed by atoms with Gasteiger partial charge >= 0.3 is 5.97 Å². The Morgan fingerprint density at radius 3 is 2.74 bits per heavy atom. The average molecular weight is 372 g/mol. The van der Waals surface area contributed by atoms with Crippen LogP contribution in [0.25, 0.3) is 11.2 Å². The summed E-state index contributed by atoms with van der Waals surface area (Å²) in [5, 5.41) is 14.5. The Morgan fingerprint density at radius 1 is 1.33 bits per heavy atom. The first-order chi connectivity index (χ1) is 12.6. The molecule has 7 heteroatoms. The number of carbonyl (C=O) groups excluding carboxylic acids is 1. The van der Waals surface area contributed by atoms with Crippen molar-refractivity contribution < 1.29 is 14.6 Å². The van der Waals surface area contributed by atoms with Crippen LogP contribution in [0.4, 0.5) is 5.69 Å². The smallest absolute Gasteiger partial charge is 0.341 e. The lowest BCUT2D eigenvalue weighted by atomic mass is 9.52. The van der Waals surface area contributed by atoms with Gasteiger partial charge in [-0.1, -0.05) is 7.43 Å². The number of fused-ring (bicyclic) bond motifs is 1. The first-order valence-electron chi connectivity index (χ1n) is 9.54. The SMILES string of the molecule is C.CCOC(=O)c1cnc2nc[nH]c2c1NC1[C@@H]2CC3C[C@H]1CC(O)(C3)C2. The van der Waals surface area contributed by atoms with Gasteiger partial charge < -0.3 is 20.1 Å². The second-order valence-electron chi connectivity index (χ2n) is 8.23. The maximum atomic E-state index is 12.5. The zero-order valence-corrected chi connectivity index (χ0v) is 14.9. The van der Waals surface area contributed by atoms with Gasteiger partial charge in [-0.25, -0.2) is 14.8 Å². The minimum absolute atomic E-state index is 0. The summed E-state index contributed by atoms with van der Waals surface area (Å²) in [7, 11) is 0. The number of nitrogens with zero attached hydrogens (tertiary/aromatic N) is 2. The number of aromatic nitrogens is 3. The predicted molar refractivity (Wildman–Crippen MR) is 102 cm³/mol. The standard InChI is InChI=1S/C19H24N4O3.CH4/c1-2-26-18(24)13-8-20-17-16(21-9-22-17)15(13)23-14-11-3-10-4-12(14)7-19(25,5-10)6-11;/h8-12,14,25H,2-7H2,1H3,(H2,20,21,22,23);1H4/t10?,11-,12+,14?,19?;. The van der Waals surface area contributed by atoms with Gasteiger partial charge in [-0.3, -0.25) is 0 Å². The molecule has 0 amide bonds. The molecular formula is C20H28N4O3. The van der Waals surface area contributed by atoms with E-state index in [4.69, 9.17) is 4.74 Å². The maximum Gasteiger partial charge on any atom is 0.341 e. The summed E-state index contributed by atoms with van der Waals surface area (Å²) in [5.74, 6) is 1.14. The fraction of sp³-hybridized carbons (Fsp3) is 0.650. The summed E-state index contributed by atoms with van der Waals surface area (Å²) in [5.41, 5.74) is 2.03. The molecule has 3 unspecified atom stereocenters. The Labute approximate surface area is 158 Å². The zero-order chi connectivity index (χ0) is 17.9. The van der Waals surface area contributed by atoms with Crippen molar-refractivity contribution in [2.24, 2.45) is 17.8 Å². The summed E-state index contributed by atoms with van der Waals surface area (Å²) < 4.78 is 5.22. The van der Waals surface area contributed by atoms with Crippen molar-refractivity contribution in [2.45, 2.75) is 58.1 Å². The van der Waals surface area contributed by atoms with Gasteiger partial charge in [0.2, 0.25) is 0 Å². The van der Waals surface area contributed by atoms with Gasteiger partial charge in [0, 0.05) is 12.2 Å². The number of anilines is 1. The molecular weight excluding hydrogens is 344 g/mol. The molecule has 146 valence electrons. The Hall–Kier alpha value is -2.15. The summed E-state index contributed by atoms with van der Waals surface area (Å²) in [4.78, 5) is 24.1. The fourth-order valence-electron chi connectivity index (χ4n) is 5.79. The number of rotatable bonds is 4. The molecule has 4 fully saturated rings. The van der Waals surface area contributed by atoms with Crippen LogP contribution in [-0.2, 0) is 4.74 Å². The molecule has 0 spiro atoms. The molecule has 4 aliphatic carbocycles. The fourth-order valence-corrected chi connectivity index (χ4v) is 5.79. The first-order valence-corrected chi connectivity index (χ1v) is 9.54. The van der Waals surface area contributed by atoms with Gasteiger partial charge in [0.15, 0.2) is 5.65 Å². The lowest BCUT2D eigenvalue weighted by molar-refractivity contribution is -0.129. The molecule has 0 radical (unpaired) electrons. The normalized spacial score (nSPS) is 33.7. The highest BCUT2D eigenvalue weighted by Crippen LogP contribution is 2.56. The maximum absolute atomic E-state index is 12.5. The Morgan fingerprint density at radius 2 is 2.07 bits per heavy atom. The third-order valence-corrected chi connectivity index (χ3v) is 6.50. The third kappa shape index (κ3) is 2.88. The molecule has 5 atom stereocenters. The van der Waals surface area contributed by atoms with E-state index in [1.807, 2.05) is 0 Å². The molecule has 2 aromatic rings. The van der Waals surface area contributed by atoms with Crippen molar-refractivity contribution in [2.75, 3.05) is 11.9 Å². The Kier molecular flexibility index (Phi) is 4.37. The van der Waals surface area contributed by atoms with E-state index in [2.05, 4.69) is 20.3 Å². The largest absolute Gasteiger partial charge is 0.462 e. The molecule has 2 heterocycles. The predicted octanol–water partition coefficient (Wildman–Crippen LogP) is 3.12. The highest BCUT2D eigenvalue weighted by Gasteiger charge is 2.54. The highest BCUT2D eigenvalue weighted by molar-refractivity contribution is 6.02. The van der Waals surface area contributed by atoms with Gasteiger partial charge in [0.25, 0.3) is 0 Å². The third-order valence-electron chi connectivity index (χ3n) is 6.50. The van der Waals surface area contributed by atoms with E-state index in [1.165, 1.54) is 0 Å². The number of aromatic amines is 1. The molecule has 0 saturated heterocycles. The van der Waals surface area contributed by atoms with E-state index in [-0.39, 0.29) is 19.4 Å². The van der Waals surface area contributed by atoms with Crippen LogP contribution in [0.3, 0.4) is 0 Å². The van der Waals surface area contributed by atoms with Gasteiger partial charge in [0.05, 0.1) is 24.2 Å². The lowest BCUT2D eigenvalue weighted by Crippen LogP contribution is -2.59. The number of hydrogen-bond donors (Lipinski definition) is 3. The summed E-state index contributed by atoms with van der Waals surface area (Å²) in [6.45, 7) is 2.12.